The molecule has 1 saturated carbocycles. The smallest absolute Gasteiger partial charge is 0.354 e. The molecule has 124 valence electrons. The van der Waals surface area contributed by atoms with Crippen LogP contribution in [0.2, 0.25) is 0 Å². The maximum absolute atomic E-state index is 12.3. The van der Waals surface area contributed by atoms with Crippen molar-refractivity contribution in [2.75, 3.05) is 13.2 Å². The third-order valence-corrected chi connectivity index (χ3v) is 3.99. The molecule has 1 atom stereocenters. The number of aromatic nitrogens is 1. The number of hydrogen-bond donors (Lipinski definition) is 1. The highest BCUT2D eigenvalue weighted by Crippen LogP contribution is 2.36. The van der Waals surface area contributed by atoms with Crippen LogP contribution in [-0.2, 0) is 11.3 Å². The molecule has 5 nitrogen and oxygen atoms in total. The summed E-state index contributed by atoms with van der Waals surface area (Å²) in [6.07, 6.45) is 1.85. The Morgan fingerprint density at radius 3 is 2.87 bits per heavy atom. The van der Waals surface area contributed by atoms with Gasteiger partial charge in [-0.1, -0.05) is 12.1 Å². The first kappa shape index (κ1) is 15.9. The van der Waals surface area contributed by atoms with Crippen molar-refractivity contribution in [3.05, 3.63) is 30.0 Å². The second-order valence-electron chi connectivity index (χ2n) is 6.16. The highest BCUT2D eigenvalue weighted by Gasteiger charge is 2.27. The molecular weight excluding hydrogens is 294 g/mol. The largest absolute Gasteiger partial charge is 0.489 e. The number of hydrogen-bond acceptors (Lipinski definition) is 4. The van der Waals surface area contributed by atoms with Crippen LogP contribution in [-0.4, -0.2) is 35.0 Å². The molecule has 0 spiro atoms. The lowest BCUT2D eigenvalue weighted by molar-refractivity contribution is 0.0514. The second-order valence-corrected chi connectivity index (χ2v) is 6.16. The minimum atomic E-state index is -0.540. The van der Waals surface area contributed by atoms with E-state index in [0.29, 0.717) is 24.0 Å². The summed E-state index contributed by atoms with van der Waals surface area (Å²) >= 11 is 0. The summed E-state index contributed by atoms with van der Waals surface area (Å²) in [5.74, 6) is 1.01. The second kappa shape index (κ2) is 6.62. The minimum absolute atomic E-state index is 0.225. The molecule has 1 heterocycles. The van der Waals surface area contributed by atoms with Gasteiger partial charge in [0.1, 0.15) is 18.1 Å². The van der Waals surface area contributed by atoms with Crippen LogP contribution in [0.15, 0.2) is 24.3 Å². The van der Waals surface area contributed by atoms with Crippen LogP contribution < -0.4 is 4.74 Å². The van der Waals surface area contributed by atoms with Crippen LogP contribution in [0.1, 0.15) is 37.2 Å². The predicted octanol–water partition coefficient (Wildman–Crippen LogP) is 2.99. The SMILES string of the molecule is CCOC(=O)c1cc2cccc(OCC(C)O)c2n1CC1CC1. The molecule has 5 heteroatoms. The van der Waals surface area contributed by atoms with Crippen molar-refractivity contribution in [3.63, 3.8) is 0 Å². The monoisotopic (exact) mass is 317 g/mol. The highest BCUT2D eigenvalue weighted by molar-refractivity contribution is 5.97. The zero-order valence-electron chi connectivity index (χ0n) is 13.6. The average Bonchev–Trinajstić information content (AvgIpc) is 3.25. The van der Waals surface area contributed by atoms with Gasteiger partial charge in [-0.2, -0.15) is 0 Å². The van der Waals surface area contributed by atoms with Crippen molar-refractivity contribution in [2.45, 2.75) is 39.3 Å². The maximum atomic E-state index is 12.3. The summed E-state index contributed by atoms with van der Waals surface area (Å²) in [4.78, 5) is 12.3. The number of carbonyl (C=O) groups is 1. The average molecular weight is 317 g/mol. The van der Waals surface area contributed by atoms with Gasteiger partial charge in [0.15, 0.2) is 0 Å². The molecule has 0 saturated heterocycles. The van der Waals surface area contributed by atoms with Crippen LogP contribution in [0, 0.1) is 5.92 Å². The van der Waals surface area contributed by atoms with Gasteiger partial charge in [0.2, 0.25) is 0 Å². The van der Waals surface area contributed by atoms with Crippen LogP contribution in [0.4, 0.5) is 0 Å². The van der Waals surface area contributed by atoms with Crippen molar-refractivity contribution < 1.29 is 19.4 Å². The topological polar surface area (TPSA) is 60.7 Å². The van der Waals surface area contributed by atoms with Crippen LogP contribution in [0.5, 0.6) is 5.75 Å². The molecule has 1 aromatic heterocycles. The number of nitrogens with zero attached hydrogens (tertiary/aromatic N) is 1. The first-order valence-electron chi connectivity index (χ1n) is 8.20. The van der Waals surface area contributed by atoms with Gasteiger partial charge in [-0.25, -0.2) is 4.79 Å². The van der Waals surface area contributed by atoms with Crippen molar-refractivity contribution in [1.29, 1.82) is 0 Å². The van der Waals surface area contributed by atoms with Crippen molar-refractivity contribution in [1.82, 2.24) is 4.57 Å². The predicted molar refractivity (Wildman–Crippen MR) is 87.8 cm³/mol. The molecule has 1 fully saturated rings. The number of aliphatic hydroxyl groups excluding tert-OH is 1. The molecular formula is C18H23NO4. The highest BCUT2D eigenvalue weighted by atomic mass is 16.5. The van der Waals surface area contributed by atoms with E-state index >= 15 is 0 Å². The molecule has 0 amide bonds. The van der Waals surface area contributed by atoms with Gasteiger partial charge in [-0.3, -0.25) is 0 Å². The third kappa shape index (κ3) is 3.50. The van der Waals surface area contributed by atoms with E-state index in [-0.39, 0.29) is 12.6 Å². The van der Waals surface area contributed by atoms with E-state index in [4.69, 9.17) is 9.47 Å². The van der Waals surface area contributed by atoms with Gasteiger partial charge in [0.05, 0.1) is 18.2 Å². The minimum Gasteiger partial charge on any atom is -0.489 e. The summed E-state index contributed by atoms with van der Waals surface area (Å²) < 4.78 is 13.0. The molecule has 0 bridgehead atoms. The number of carbonyl (C=O) groups excluding carboxylic acids is 1. The Morgan fingerprint density at radius 1 is 1.43 bits per heavy atom. The molecule has 3 rings (SSSR count). The molecule has 1 aliphatic carbocycles. The molecule has 1 aromatic carbocycles. The number of ether oxygens (including phenoxy) is 2. The standard InChI is InChI=1S/C18H23NO4/c1-3-22-18(21)15-9-14-5-4-6-16(23-11-12(2)20)17(14)19(15)10-13-7-8-13/h4-6,9,12-13,20H,3,7-8,10-11H2,1-2H3. The lowest BCUT2D eigenvalue weighted by atomic mass is 10.2. The summed E-state index contributed by atoms with van der Waals surface area (Å²) in [6, 6.07) is 7.61. The molecule has 1 N–H and O–H groups in total. The fourth-order valence-electron chi connectivity index (χ4n) is 2.74. The number of esters is 1. The quantitative estimate of drug-likeness (QED) is 0.798. The van der Waals surface area contributed by atoms with Crippen LogP contribution >= 0.6 is 0 Å². The zero-order chi connectivity index (χ0) is 16.4. The van der Waals surface area contributed by atoms with E-state index < -0.39 is 6.10 Å². The van der Waals surface area contributed by atoms with E-state index in [1.54, 1.807) is 6.92 Å². The van der Waals surface area contributed by atoms with Crippen molar-refractivity contribution in [2.24, 2.45) is 5.92 Å². The Labute approximate surface area is 135 Å². The van der Waals surface area contributed by atoms with Gasteiger partial charge >= 0.3 is 5.97 Å². The Morgan fingerprint density at radius 2 is 2.22 bits per heavy atom. The van der Waals surface area contributed by atoms with Gasteiger partial charge < -0.3 is 19.1 Å². The third-order valence-electron chi connectivity index (χ3n) is 3.99. The van der Waals surface area contributed by atoms with Crippen molar-refractivity contribution >= 4 is 16.9 Å². The fraction of sp³-hybridized carbons (Fsp3) is 0.500. The molecule has 0 aliphatic heterocycles. The van der Waals surface area contributed by atoms with E-state index in [1.807, 2.05) is 35.8 Å². The van der Waals surface area contributed by atoms with Gasteiger partial charge in [-0.05, 0) is 44.7 Å². The van der Waals surface area contributed by atoms with Gasteiger partial charge in [-0.15, -0.1) is 0 Å². The lowest BCUT2D eigenvalue weighted by Crippen LogP contribution is -2.15. The Bertz CT molecular complexity index is 700. The van der Waals surface area contributed by atoms with Gasteiger partial charge in [0.25, 0.3) is 0 Å². The number of benzene rings is 1. The Kier molecular flexibility index (Phi) is 4.57. The van der Waals surface area contributed by atoms with E-state index in [2.05, 4.69) is 0 Å². The molecule has 1 aliphatic rings. The van der Waals surface area contributed by atoms with E-state index in [0.717, 1.165) is 17.4 Å². The fourth-order valence-corrected chi connectivity index (χ4v) is 2.74. The summed E-state index contributed by atoms with van der Waals surface area (Å²) in [7, 11) is 0. The number of rotatable bonds is 7. The molecule has 23 heavy (non-hydrogen) atoms. The first-order valence-corrected chi connectivity index (χ1v) is 8.20. The van der Waals surface area contributed by atoms with Gasteiger partial charge in [0, 0.05) is 11.9 Å². The summed E-state index contributed by atoms with van der Waals surface area (Å²) in [6.45, 7) is 4.88. The summed E-state index contributed by atoms with van der Waals surface area (Å²) in [5.41, 5.74) is 1.48. The molecule has 0 radical (unpaired) electrons. The van der Waals surface area contributed by atoms with Crippen molar-refractivity contribution in [3.8, 4) is 5.75 Å². The molecule has 1 unspecified atom stereocenters. The first-order chi connectivity index (χ1) is 11.1. The Balaban J connectivity index is 2.05. The summed E-state index contributed by atoms with van der Waals surface area (Å²) in [5, 5.41) is 10.4. The van der Waals surface area contributed by atoms with Crippen LogP contribution in [0.3, 0.4) is 0 Å². The maximum Gasteiger partial charge on any atom is 0.354 e. The van der Waals surface area contributed by atoms with Crippen LogP contribution in [0.25, 0.3) is 10.9 Å². The van der Waals surface area contributed by atoms with E-state index in [1.165, 1.54) is 12.8 Å². The van der Waals surface area contributed by atoms with E-state index in [9.17, 15) is 9.90 Å². The number of aliphatic hydroxyl groups is 1. The Hall–Kier alpha value is -2.01. The normalized spacial score (nSPS) is 15.6. The molecule has 2 aromatic rings. The number of para-hydroxylation sites is 1. The number of fused-ring (bicyclic) bond motifs is 1. The lowest BCUT2D eigenvalue weighted by Gasteiger charge is -2.14. The zero-order valence-corrected chi connectivity index (χ0v) is 13.6.